The van der Waals surface area contributed by atoms with Crippen LogP contribution in [0.2, 0.25) is 0 Å². The van der Waals surface area contributed by atoms with Gasteiger partial charge in [0, 0.05) is 0 Å². The van der Waals surface area contributed by atoms with Crippen LogP contribution in [-0.2, 0) is 9.53 Å². The summed E-state index contributed by atoms with van der Waals surface area (Å²) in [6, 6.07) is 0. The number of hydrogen-bond acceptors (Lipinski definition) is 7. The normalized spacial score (nSPS) is 17.8. The zero-order valence-corrected chi connectivity index (χ0v) is 22.2. The van der Waals surface area contributed by atoms with Crippen molar-refractivity contribution >= 4 is 5.97 Å². The molecule has 0 aromatic heterocycles. The molecule has 0 bridgehead atoms. The van der Waals surface area contributed by atoms with E-state index >= 15 is 0 Å². The molecule has 0 rings (SSSR count). The highest BCUT2D eigenvalue weighted by Gasteiger charge is 2.30. The number of ether oxygens (including phenoxy) is 1. The first-order chi connectivity index (χ1) is 16.0. The summed E-state index contributed by atoms with van der Waals surface area (Å²) < 4.78 is 4.93. The molecule has 6 atom stereocenters. The Labute approximate surface area is 207 Å². The summed E-state index contributed by atoms with van der Waals surface area (Å²) >= 11 is 0. The van der Waals surface area contributed by atoms with Crippen molar-refractivity contribution in [2.24, 2.45) is 17.8 Å². The summed E-state index contributed by atoms with van der Waals surface area (Å²) in [5.74, 6) is 1.78. The van der Waals surface area contributed by atoms with Gasteiger partial charge in [0.1, 0.15) is 31.0 Å². The lowest BCUT2D eigenvalue weighted by atomic mass is 9.91. The third-order valence-corrected chi connectivity index (χ3v) is 6.50. The van der Waals surface area contributed by atoms with E-state index in [-0.39, 0.29) is 6.42 Å². The molecule has 0 aliphatic carbocycles. The molecule has 7 nitrogen and oxygen atoms in total. The minimum atomic E-state index is -1.73. The summed E-state index contributed by atoms with van der Waals surface area (Å²) in [6.07, 6.45) is 6.34. The molecule has 0 aliphatic heterocycles. The second-order valence-corrected chi connectivity index (χ2v) is 10.6. The standard InChI is InChI=1S/C27H52O7/c1-19(2)9-6-10-20(3)11-7-12-21(4)13-8-14-22(5)15-16-25(31)34-18-24(30)27(33)26(32)23(29)17-28/h15,19-21,23-24,26-30,32-33H,6-14,16-18H2,1-5H3/t20?,21?,23-,24+,26-,27-/m1/s1. The summed E-state index contributed by atoms with van der Waals surface area (Å²) in [7, 11) is 0. The van der Waals surface area contributed by atoms with E-state index in [0.717, 1.165) is 30.3 Å². The molecule has 0 aromatic carbocycles. The molecular formula is C27H52O7. The van der Waals surface area contributed by atoms with Gasteiger partial charge in [-0.3, -0.25) is 4.79 Å². The second kappa shape index (κ2) is 19.2. The predicted octanol–water partition coefficient (Wildman–Crippen LogP) is 3.74. The van der Waals surface area contributed by atoms with Gasteiger partial charge in [0.05, 0.1) is 13.0 Å². The Morgan fingerprint density at radius 2 is 1.29 bits per heavy atom. The Morgan fingerprint density at radius 1 is 0.794 bits per heavy atom. The van der Waals surface area contributed by atoms with E-state index in [0.29, 0.717) is 5.92 Å². The van der Waals surface area contributed by atoms with Crippen LogP contribution < -0.4 is 0 Å². The van der Waals surface area contributed by atoms with E-state index in [1.807, 2.05) is 13.0 Å². The van der Waals surface area contributed by atoms with E-state index < -0.39 is 43.6 Å². The summed E-state index contributed by atoms with van der Waals surface area (Å²) in [4.78, 5) is 11.9. The maximum absolute atomic E-state index is 11.9. The fourth-order valence-electron chi connectivity index (χ4n) is 3.97. The molecule has 34 heavy (non-hydrogen) atoms. The Hall–Kier alpha value is -0.990. The maximum Gasteiger partial charge on any atom is 0.309 e. The number of hydrogen-bond donors (Lipinski definition) is 5. The average molecular weight is 489 g/mol. The molecule has 202 valence electrons. The van der Waals surface area contributed by atoms with Gasteiger partial charge in [0.15, 0.2) is 0 Å². The molecule has 0 radical (unpaired) electrons. The second-order valence-electron chi connectivity index (χ2n) is 10.6. The molecule has 0 aromatic rings. The molecule has 0 amide bonds. The van der Waals surface area contributed by atoms with Gasteiger partial charge in [-0.25, -0.2) is 0 Å². The van der Waals surface area contributed by atoms with Gasteiger partial charge < -0.3 is 30.3 Å². The van der Waals surface area contributed by atoms with Crippen molar-refractivity contribution in [3.8, 4) is 0 Å². The number of aliphatic hydroxyl groups is 5. The highest BCUT2D eigenvalue weighted by Crippen LogP contribution is 2.22. The van der Waals surface area contributed by atoms with E-state index in [1.54, 1.807) is 0 Å². The quantitative estimate of drug-likeness (QED) is 0.130. The van der Waals surface area contributed by atoms with Gasteiger partial charge in [-0.1, -0.05) is 84.3 Å². The van der Waals surface area contributed by atoms with Crippen molar-refractivity contribution < 1.29 is 35.1 Å². The highest BCUT2D eigenvalue weighted by molar-refractivity contribution is 5.71. The highest BCUT2D eigenvalue weighted by atomic mass is 16.5. The van der Waals surface area contributed by atoms with Gasteiger partial charge >= 0.3 is 5.97 Å². The molecule has 0 saturated carbocycles. The number of aliphatic hydroxyl groups excluding tert-OH is 5. The Kier molecular flexibility index (Phi) is 18.7. The number of allylic oxidation sites excluding steroid dienone is 1. The third kappa shape index (κ3) is 16.6. The van der Waals surface area contributed by atoms with E-state index in [2.05, 4.69) is 27.7 Å². The lowest BCUT2D eigenvalue weighted by Crippen LogP contribution is -2.47. The lowest BCUT2D eigenvalue weighted by Gasteiger charge is -2.25. The van der Waals surface area contributed by atoms with Crippen LogP contribution in [0.25, 0.3) is 0 Å². The number of carbonyl (C=O) groups is 1. The summed E-state index contributed by atoms with van der Waals surface area (Å²) in [6.45, 7) is 9.99. The van der Waals surface area contributed by atoms with E-state index in [4.69, 9.17) is 9.84 Å². The van der Waals surface area contributed by atoms with Gasteiger partial charge in [-0.05, 0) is 37.5 Å². The summed E-state index contributed by atoms with van der Waals surface area (Å²) in [5.41, 5.74) is 1.12. The van der Waals surface area contributed by atoms with Crippen molar-refractivity contribution in [1.29, 1.82) is 0 Å². The first-order valence-corrected chi connectivity index (χ1v) is 13.1. The third-order valence-electron chi connectivity index (χ3n) is 6.50. The fourth-order valence-corrected chi connectivity index (χ4v) is 3.97. The molecule has 0 aliphatic rings. The van der Waals surface area contributed by atoms with Crippen LogP contribution in [0.15, 0.2) is 11.6 Å². The largest absolute Gasteiger partial charge is 0.463 e. The Bertz CT molecular complexity index is 549. The van der Waals surface area contributed by atoms with Gasteiger partial charge in [0.25, 0.3) is 0 Å². The first kappa shape index (κ1) is 33.0. The van der Waals surface area contributed by atoms with Crippen molar-refractivity contribution in [2.75, 3.05) is 13.2 Å². The fraction of sp³-hybridized carbons (Fsp3) is 0.889. The molecule has 0 heterocycles. The monoisotopic (exact) mass is 488 g/mol. The molecule has 2 unspecified atom stereocenters. The number of rotatable bonds is 20. The minimum absolute atomic E-state index is 0.0702. The van der Waals surface area contributed by atoms with Crippen molar-refractivity contribution in [3.63, 3.8) is 0 Å². The average Bonchev–Trinajstić information content (AvgIpc) is 2.79. The summed E-state index contributed by atoms with van der Waals surface area (Å²) in [5, 5.41) is 47.1. The molecule has 0 saturated heterocycles. The van der Waals surface area contributed by atoms with E-state index in [9.17, 15) is 25.2 Å². The lowest BCUT2D eigenvalue weighted by molar-refractivity contribution is -0.155. The topological polar surface area (TPSA) is 127 Å². The molecule has 7 heteroatoms. The molecular weight excluding hydrogens is 436 g/mol. The maximum atomic E-state index is 11.9. The SMILES string of the molecule is CC(=CCC(=O)OC[C@H](O)[C@@H](O)[C@H](O)[C@H](O)CO)CCCC(C)CCCC(C)CCCC(C)C. The van der Waals surface area contributed by atoms with Crippen LogP contribution in [0, 0.1) is 17.8 Å². The van der Waals surface area contributed by atoms with Gasteiger partial charge in [0.2, 0.25) is 0 Å². The van der Waals surface area contributed by atoms with Crippen LogP contribution in [0.3, 0.4) is 0 Å². The van der Waals surface area contributed by atoms with Crippen molar-refractivity contribution in [3.05, 3.63) is 11.6 Å². The van der Waals surface area contributed by atoms with E-state index in [1.165, 1.54) is 44.9 Å². The minimum Gasteiger partial charge on any atom is -0.463 e. The number of esters is 1. The van der Waals surface area contributed by atoms with Crippen LogP contribution in [-0.4, -0.2) is 69.1 Å². The predicted molar refractivity (Wildman–Crippen MR) is 135 cm³/mol. The van der Waals surface area contributed by atoms with Crippen LogP contribution in [0.1, 0.15) is 98.8 Å². The smallest absolute Gasteiger partial charge is 0.309 e. The Balaban J connectivity index is 3.99. The first-order valence-electron chi connectivity index (χ1n) is 13.1. The van der Waals surface area contributed by atoms with Gasteiger partial charge in [-0.2, -0.15) is 0 Å². The van der Waals surface area contributed by atoms with Crippen LogP contribution in [0.5, 0.6) is 0 Å². The Morgan fingerprint density at radius 3 is 1.82 bits per heavy atom. The molecule has 5 N–H and O–H groups in total. The van der Waals surface area contributed by atoms with Crippen LogP contribution in [0.4, 0.5) is 0 Å². The molecule has 0 spiro atoms. The van der Waals surface area contributed by atoms with Crippen LogP contribution >= 0.6 is 0 Å². The van der Waals surface area contributed by atoms with Crippen molar-refractivity contribution in [1.82, 2.24) is 0 Å². The zero-order valence-electron chi connectivity index (χ0n) is 22.2. The van der Waals surface area contributed by atoms with Crippen molar-refractivity contribution in [2.45, 2.75) is 123 Å². The number of carbonyl (C=O) groups excluding carboxylic acids is 1. The molecule has 0 fully saturated rings. The zero-order chi connectivity index (χ0) is 26.1. The van der Waals surface area contributed by atoms with Gasteiger partial charge in [-0.15, -0.1) is 0 Å².